The fourth-order valence-electron chi connectivity index (χ4n) is 4.22. The Kier molecular flexibility index (Phi) is 4.86. The zero-order valence-corrected chi connectivity index (χ0v) is 16.4. The zero-order chi connectivity index (χ0) is 19.6. The standard InChI is InChI=1S/C23H25N5O/c29-23(22-7-6-21(15-25-22)28-13-10-24-16-28)26-19-5-4-17-8-11-27(20-2-1-3-20)12-9-18(17)14-19/h4-7,10,13-16,20H,1-3,8-9,11-12H2,(H,26,29). The minimum absolute atomic E-state index is 0.188. The van der Waals surface area contributed by atoms with Crippen LogP contribution in [0.5, 0.6) is 0 Å². The molecule has 6 heteroatoms. The molecule has 0 unspecified atom stereocenters. The van der Waals surface area contributed by atoms with E-state index in [1.165, 1.54) is 30.4 Å². The van der Waals surface area contributed by atoms with Gasteiger partial charge in [-0.15, -0.1) is 0 Å². The average molecular weight is 387 g/mol. The number of carbonyl (C=O) groups is 1. The summed E-state index contributed by atoms with van der Waals surface area (Å²) in [6, 6.07) is 10.7. The van der Waals surface area contributed by atoms with E-state index in [1.807, 2.05) is 22.9 Å². The molecular weight excluding hydrogens is 362 g/mol. The van der Waals surface area contributed by atoms with Crippen LogP contribution in [0.1, 0.15) is 40.9 Å². The minimum atomic E-state index is -0.188. The first-order valence-corrected chi connectivity index (χ1v) is 10.4. The van der Waals surface area contributed by atoms with Crippen molar-refractivity contribution in [2.75, 3.05) is 18.4 Å². The summed E-state index contributed by atoms with van der Waals surface area (Å²) in [5.41, 5.74) is 4.88. The molecule has 0 spiro atoms. The molecule has 3 heterocycles. The summed E-state index contributed by atoms with van der Waals surface area (Å²) in [6.45, 7) is 2.27. The van der Waals surface area contributed by atoms with Crippen LogP contribution in [-0.2, 0) is 12.8 Å². The van der Waals surface area contributed by atoms with E-state index in [1.54, 1.807) is 24.8 Å². The Morgan fingerprint density at radius 2 is 1.93 bits per heavy atom. The largest absolute Gasteiger partial charge is 0.321 e. The van der Waals surface area contributed by atoms with E-state index in [0.717, 1.165) is 43.3 Å². The van der Waals surface area contributed by atoms with Crippen molar-refractivity contribution < 1.29 is 4.79 Å². The third-order valence-corrected chi connectivity index (χ3v) is 6.17. The Morgan fingerprint density at radius 3 is 2.62 bits per heavy atom. The molecule has 0 atom stereocenters. The smallest absolute Gasteiger partial charge is 0.274 e. The number of anilines is 1. The van der Waals surface area contributed by atoms with Gasteiger partial charge in [0, 0.05) is 37.2 Å². The van der Waals surface area contributed by atoms with E-state index >= 15 is 0 Å². The molecule has 1 N–H and O–H groups in total. The Bertz CT molecular complexity index is 993. The summed E-state index contributed by atoms with van der Waals surface area (Å²) in [5, 5.41) is 3.01. The van der Waals surface area contributed by atoms with Crippen molar-refractivity contribution in [3.63, 3.8) is 0 Å². The molecule has 148 valence electrons. The first kappa shape index (κ1) is 18.1. The number of aromatic nitrogens is 3. The third kappa shape index (κ3) is 3.80. The lowest BCUT2D eigenvalue weighted by Gasteiger charge is -2.36. The molecule has 1 amide bonds. The van der Waals surface area contributed by atoms with Crippen molar-refractivity contribution in [2.45, 2.75) is 38.1 Å². The number of nitrogens with zero attached hydrogens (tertiary/aromatic N) is 4. The molecule has 1 aromatic carbocycles. The number of nitrogens with one attached hydrogen (secondary N) is 1. The van der Waals surface area contributed by atoms with Crippen LogP contribution in [0.15, 0.2) is 55.2 Å². The Labute approximate surface area is 170 Å². The maximum absolute atomic E-state index is 12.6. The summed E-state index contributed by atoms with van der Waals surface area (Å²) in [7, 11) is 0. The maximum atomic E-state index is 12.6. The highest BCUT2D eigenvalue weighted by molar-refractivity contribution is 6.02. The Hall–Kier alpha value is -2.99. The van der Waals surface area contributed by atoms with Crippen LogP contribution in [0.4, 0.5) is 5.69 Å². The quantitative estimate of drug-likeness (QED) is 0.745. The number of imidazole rings is 1. The number of hydrogen-bond acceptors (Lipinski definition) is 4. The van der Waals surface area contributed by atoms with E-state index in [9.17, 15) is 4.79 Å². The van der Waals surface area contributed by atoms with Gasteiger partial charge in [-0.3, -0.25) is 9.69 Å². The summed E-state index contributed by atoms with van der Waals surface area (Å²) >= 11 is 0. The van der Waals surface area contributed by atoms with Gasteiger partial charge in [-0.05, 0) is 61.1 Å². The molecule has 2 aromatic heterocycles. The fraction of sp³-hybridized carbons (Fsp3) is 0.348. The molecule has 3 aromatic rings. The molecule has 29 heavy (non-hydrogen) atoms. The first-order valence-electron chi connectivity index (χ1n) is 10.4. The van der Waals surface area contributed by atoms with Crippen molar-refractivity contribution in [1.82, 2.24) is 19.4 Å². The molecule has 0 radical (unpaired) electrons. The second-order valence-electron chi connectivity index (χ2n) is 7.93. The zero-order valence-electron chi connectivity index (χ0n) is 16.4. The second kappa shape index (κ2) is 7.79. The van der Waals surface area contributed by atoms with Crippen LogP contribution in [0.2, 0.25) is 0 Å². The van der Waals surface area contributed by atoms with Gasteiger partial charge in [0.1, 0.15) is 5.69 Å². The highest BCUT2D eigenvalue weighted by atomic mass is 16.1. The van der Waals surface area contributed by atoms with Crippen molar-refractivity contribution in [3.05, 3.63) is 72.1 Å². The molecule has 2 aliphatic rings. The van der Waals surface area contributed by atoms with Crippen LogP contribution in [0, 0.1) is 0 Å². The second-order valence-corrected chi connectivity index (χ2v) is 7.93. The Balaban J connectivity index is 1.26. The predicted octanol–water partition coefficient (Wildman–Crippen LogP) is 3.47. The molecule has 6 nitrogen and oxygen atoms in total. The monoisotopic (exact) mass is 387 g/mol. The van der Waals surface area contributed by atoms with Crippen molar-refractivity contribution >= 4 is 11.6 Å². The lowest BCUT2D eigenvalue weighted by atomic mass is 9.91. The molecule has 1 fully saturated rings. The van der Waals surface area contributed by atoms with Crippen molar-refractivity contribution in [1.29, 1.82) is 0 Å². The van der Waals surface area contributed by atoms with Crippen molar-refractivity contribution in [2.24, 2.45) is 0 Å². The normalized spacial score (nSPS) is 17.2. The van der Waals surface area contributed by atoms with E-state index in [-0.39, 0.29) is 5.91 Å². The van der Waals surface area contributed by atoms with Gasteiger partial charge in [0.2, 0.25) is 0 Å². The maximum Gasteiger partial charge on any atom is 0.274 e. The molecule has 1 aliphatic heterocycles. The van der Waals surface area contributed by atoms with Crippen LogP contribution in [0.3, 0.4) is 0 Å². The SMILES string of the molecule is O=C(Nc1ccc2c(c1)CCN(C1CCC1)CC2)c1ccc(-n2ccnc2)cn1. The highest BCUT2D eigenvalue weighted by Gasteiger charge is 2.26. The molecule has 1 aliphatic carbocycles. The van der Waals surface area contributed by atoms with Crippen LogP contribution >= 0.6 is 0 Å². The van der Waals surface area contributed by atoms with E-state index in [2.05, 4.69) is 32.3 Å². The van der Waals surface area contributed by atoms with Gasteiger partial charge in [0.05, 0.1) is 18.2 Å². The van der Waals surface area contributed by atoms with E-state index in [0.29, 0.717) is 5.69 Å². The van der Waals surface area contributed by atoms with Crippen LogP contribution < -0.4 is 5.32 Å². The van der Waals surface area contributed by atoms with Gasteiger partial charge in [0.25, 0.3) is 5.91 Å². The predicted molar refractivity (Wildman–Crippen MR) is 112 cm³/mol. The van der Waals surface area contributed by atoms with Crippen LogP contribution in [0.25, 0.3) is 5.69 Å². The van der Waals surface area contributed by atoms with Crippen molar-refractivity contribution in [3.8, 4) is 5.69 Å². The van der Waals surface area contributed by atoms with Gasteiger partial charge in [-0.1, -0.05) is 12.5 Å². The minimum Gasteiger partial charge on any atom is -0.321 e. The molecule has 0 bridgehead atoms. The summed E-state index contributed by atoms with van der Waals surface area (Å²) < 4.78 is 1.86. The number of carbonyl (C=O) groups excluding carboxylic acids is 1. The van der Waals surface area contributed by atoms with Gasteiger partial charge >= 0.3 is 0 Å². The first-order chi connectivity index (χ1) is 14.3. The topological polar surface area (TPSA) is 63.1 Å². The molecule has 0 saturated heterocycles. The average Bonchev–Trinajstić information content (AvgIpc) is 3.17. The van der Waals surface area contributed by atoms with Gasteiger partial charge < -0.3 is 9.88 Å². The number of rotatable bonds is 4. The number of benzene rings is 1. The molecular formula is C23H25N5O. The van der Waals surface area contributed by atoms with Crippen LogP contribution in [-0.4, -0.2) is 44.5 Å². The lowest BCUT2D eigenvalue weighted by Crippen LogP contribution is -2.41. The number of fused-ring (bicyclic) bond motifs is 1. The summed E-state index contributed by atoms with van der Waals surface area (Å²) in [5.74, 6) is -0.188. The fourth-order valence-corrected chi connectivity index (χ4v) is 4.22. The van der Waals surface area contributed by atoms with Gasteiger partial charge in [-0.2, -0.15) is 0 Å². The lowest BCUT2D eigenvalue weighted by molar-refractivity contribution is 0.102. The van der Waals surface area contributed by atoms with E-state index in [4.69, 9.17) is 0 Å². The van der Waals surface area contributed by atoms with Gasteiger partial charge in [0.15, 0.2) is 0 Å². The Morgan fingerprint density at radius 1 is 1.07 bits per heavy atom. The van der Waals surface area contributed by atoms with Gasteiger partial charge in [-0.25, -0.2) is 9.97 Å². The number of amides is 1. The molecule has 5 rings (SSSR count). The summed E-state index contributed by atoms with van der Waals surface area (Å²) in [4.78, 5) is 23.6. The highest BCUT2D eigenvalue weighted by Crippen LogP contribution is 2.28. The third-order valence-electron chi connectivity index (χ3n) is 6.17. The number of hydrogen-bond donors (Lipinski definition) is 1. The molecule has 1 saturated carbocycles. The number of pyridine rings is 1. The summed E-state index contributed by atoms with van der Waals surface area (Å²) in [6.07, 6.45) is 13.2. The van der Waals surface area contributed by atoms with E-state index < -0.39 is 0 Å².